The molecule has 0 aliphatic heterocycles. The number of amides is 1. The molecule has 0 heterocycles. The Hall–Kier alpha value is -0.910. The second-order valence-electron chi connectivity index (χ2n) is 4.99. The zero-order valence-corrected chi connectivity index (χ0v) is 13.8. The highest BCUT2D eigenvalue weighted by molar-refractivity contribution is 7.98. The van der Waals surface area contributed by atoms with Crippen molar-refractivity contribution in [1.82, 2.24) is 5.32 Å². The van der Waals surface area contributed by atoms with Crippen LogP contribution >= 0.6 is 11.8 Å². The third-order valence-corrected chi connectivity index (χ3v) is 3.12. The minimum atomic E-state index is -0.629. The van der Waals surface area contributed by atoms with E-state index in [1.165, 1.54) is 0 Å². The molecule has 6 heteroatoms. The molecule has 5 nitrogen and oxygen atoms in total. The van der Waals surface area contributed by atoms with Gasteiger partial charge in [-0.15, -0.1) is 0 Å². The zero-order valence-electron chi connectivity index (χ0n) is 12.9. The van der Waals surface area contributed by atoms with Gasteiger partial charge in [-0.2, -0.15) is 11.8 Å². The van der Waals surface area contributed by atoms with Crippen LogP contribution in [0.2, 0.25) is 0 Å². The maximum atomic E-state index is 11.9. The fourth-order valence-corrected chi connectivity index (χ4v) is 1.80. The number of thioether (sulfide) groups is 1. The van der Waals surface area contributed by atoms with E-state index in [-0.39, 0.29) is 11.9 Å². The number of hydrogen-bond donors (Lipinski definition) is 1. The Bertz CT molecular complexity index is 284. The second kappa shape index (κ2) is 11.9. The lowest BCUT2D eigenvalue weighted by Gasteiger charge is -2.18. The van der Waals surface area contributed by atoms with Crippen LogP contribution in [0.1, 0.15) is 40.0 Å². The van der Waals surface area contributed by atoms with E-state index in [0.29, 0.717) is 19.6 Å². The highest BCUT2D eigenvalue weighted by Crippen LogP contribution is 2.05. The van der Waals surface area contributed by atoms with Crippen molar-refractivity contribution in [2.24, 2.45) is 5.92 Å². The predicted molar refractivity (Wildman–Crippen MR) is 82.0 cm³/mol. The number of ether oxygens (including phenoxy) is 2. The van der Waals surface area contributed by atoms with E-state index in [1.54, 1.807) is 11.8 Å². The molecule has 0 fully saturated rings. The van der Waals surface area contributed by atoms with Crippen LogP contribution in [-0.4, -0.2) is 43.3 Å². The molecule has 0 radical (unpaired) electrons. The lowest BCUT2D eigenvalue weighted by molar-refractivity contribution is -0.147. The molecule has 1 N–H and O–H groups in total. The first-order valence-corrected chi connectivity index (χ1v) is 8.49. The maximum Gasteiger partial charge on any atom is 0.407 e. The normalized spacial score (nSPS) is 12.1. The van der Waals surface area contributed by atoms with Crippen LogP contribution in [-0.2, 0) is 14.3 Å². The summed E-state index contributed by atoms with van der Waals surface area (Å²) in [4.78, 5) is 23.5. The molecule has 20 heavy (non-hydrogen) atoms. The van der Waals surface area contributed by atoms with Crippen LogP contribution in [0.5, 0.6) is 0 Å². The number of carbonyl (C=O) groups is 2. The smallest absolute Gasteiger partial charge is 0.407 e. The van der Waals surface area contributed by atoms with Gasteiger partial charge in [0.25, 0.3) is 0 Å². The van der Waals surface area contributed by atoms with Crippen LogP contribution in [0.15, 0.2) is 0 Å². The quantitative estimate of drug-likeness (QED) is 0.496. The minimum absolute atomic E-state index is 0.275. The molecule has 0 aliphatic carbocycles. The van der Waals surface area contributed by atoms with E-state index in [1.807, 2.05) is 27.0 Å². The van der Waals surface area contributed by atoms with Crippen LogP contribution in [0.4, 0.5) is 4.79 Å². The van der Waals surface area contributed by atoms with Crippen molar-refractivity contribution in [2.45, 2.75) is 46.1 Å². The standard InChI is InChI=1S/C14H27NO4S/c1-5-6-8-18-14(17)15-12(7-9-20-4)13(16)19-10-11(2)3/h11-12H,5-10H2,1-4H3,(H,15,17)/t12-/m0/s1. The predicted octanol–water partition coefficient (Wildman–Crippen LogP) is 2.83. The molecule has 0 aromatic rings. The third kappa shape index (κ3) is 9.95. The van der Waals surface area contributed by atoms with Gasteiger partial charge in [-0.25, -0.2) is 9.59 Å². The second-order valence-corrected chi connectivity index (χ2v) is 5.98. The van der Waals surface area contributed by atoms with E-state index >= 15 is 0 Å². The van der Waals surface area contributed by atoms with Crippen molar-refractivity contribution in [1.29, 1.82) is 0 Å². The van der Waals surface area contributed by atoms with E-state index in [4.69, 9.17) is 9.47 Å². The summed E-state index contributed by atoms with van der Waals surface area (Å²) in [7, 11) is 0. The van der Waals surface area contributed by atoms with Gasteiger partial charge in [-0.1, -0.05) is 27.2 Å². The number of rotatable bonds is 10. The maximum absolute atomic E-state index is 11.9. The van der Waals surface area contributed by atoms with Gasteiger partial charge in [0.2, 0.25) is 0 Å². The molecule has 0 spiro atoms. The molecule has 0 bridgehead atoms. The van der Waals surface area contributed by atoms with Crippen molar-refractivity contribution in [3.05, 3.63) is 0 Å². The number of hydrogen-bond acceptors (Lipinski definition) is 5. The van der Waals surface area contributed by atoms with Crippen LogP contribution in [0.25, 0.3) is 0 Å². The fourth-order valence-electron chi connectivity index (χ4n) is 1.33. The Morgan fingerprint density at radius 3 is 2.50 bits per heavy atom. The molecule has 0 saturated carbocycles. The monoisotopic (exact) mass is 305 g/mol. The van der Waals surface area contributed by atoms with Crippen molar-refractivity contribution in [3.63, 3.8) is 0 Å². The summed E-state index contributed by atoms with van der Waals surface area (Å²) in [5.41, 5.74) is 0. The highest BCUT2D eigenvalue weighted by Gasteiger charge is 2.22. The van der Waals surface area contributed by atoms with Gasteiger partial charge >= 0.3 is 12.1 Å². The SMILES string of the molecule is CCCCOC(=O)N[C@@H](CCSC)C(=O)OCC(C)C. The van der Waals surface area contributed by atoms with Gasteiger partial charge < -0.3 is 14.8 Å². The van der Waals surface area contributed by atoms with E-state index in [9.17, 15) is 9.59 Å². The van der Waals surface area contributed by atoms with Crippen LogP contribution in [0.3, 0.4) is 0 Å². The first kappa shape index (κ1) is 19.1. The fraction of sp³-hybridized carbons (Fsp3) is 0.857. The van der Waals surface area contributed by atoms with Gasteiger partial charge in [0.15, 0.2) is 0 Å². The summed E-state index contributed by atoms with van der Waals surface area (Å²) >= 11 is 1.62. The van der Waals surface area contributed by atoms with Crippen LogP contribution < -0.4 is 5.32 Å². The lowest BCUT2D eigenvalue weighted by Crippen LogP contribution is -2.43. The summed E-state index contributed by atoms with van der Waals surface area (Å²) in [5.74, 6) is 0.660. The average Bonchev–Trinajstić information content (AvgIpc) is 2.41. The summed E-state index contributed by atoms with van der Waals surface area (Å²) in [6.07, 6.45) is 3.73. The topological polar surface area (TPSA) is 64.6 Å². The third-order valence-electron chi connectivity index (χ3n) is 2.48. The molecule has 0 saturated heterocycles. The van der Waals surface area contributed by atoms with Gasteiger partial charge in [0.1, 0.15) is 6.04 Å². The summed E-state index contributed by atoms with van der Waals surface area (Å²) < 4.78 is 10.2. The number of nitrogens with one attached hydrogen (secondary N) is 1. The largest absolute Gasteiger partial charge is 0.464 e. The molecule has 1 atom stereocenters. The first-order valence-electron chi connectivity index (χ1n) is 7.10. The molecule has 0 unspecified atom stereocenters. The van der Waals surface area contributed by atoms with Crippen molar-refractivity contribution < 1.29 is 19.1 Å². The molecular weight excluding hydrogens is 278 g/mol. The average molecular weight is 305 g/mol. The van der Waals surface area contributed by atoms with Crippen molar-refractivity contribution in [2.75, 3.05) is 25.2 Å². The number of unbranched alkanes of at least 4 members (excludes halogenated alkanes) is 1. The zero-order chi connectivity index (χ0) is 15.4. The van der Waals surface area contributed by atoms with Crippen molar-refractivity contribution >= 4 is 23.8 Å². The number of esters is 1. The van der Waals surface area contributed by atoms with E-state index < -0.39 is 12.1 Å². The number of alkyl carbamates (subject to hydrolysis) is 1. The van der Waals surface area contributed by atoms with Crippen LogP contribution in [0, 0.1) is 5.92 Å². The Balaban J connectivity index is 4.24. The van der Waals surface area contributed by atoms with Gasteiger partial charge in [0, 0.05) is 0 Å². The molecule has 0 rings (SSSR count). The van der Waals surface area contributed by atoms with Gasteiger partial charge in [0.05, 0.1) is 13.2 Å². The summed E-state index contributed by atoms with van der Waals surface area (Å²) in [6, 6.07) is -0.629. The molecule has 1 amide bonds. The van der Waals surface area contributed by atoms with Gasteiger partial charge in [-0.05, 0) is 30.8 Å². The van der Waals surface area contributed by atoms with Gasteiger partial charge in [-0.3, -0.25) is 0 Å². The molecule has 118 valence electrons. The lowest BCUT2D eigenvalue weighted by atomic mass is 10.2. The minimum Gasteiger partial charge on any atom is -0.464 e. The first-order chi connectivity index (χ1) is 9.51. The highest BCUT2D eigenvalue weighted by atomic mass is 32.2. The molecule has 0 aliphatic rings. The number of carbonyl (C=O) groups excluding carboxylic acids is 2. The Morgan fingerprint density at radius 2 is 1.95 bits per heavy atom. The molecular formula is C14H27NO4S. The summed E-state index contributed by atoms with van der Waals surface area (Å²) in [6.45, 7) is 6.69. The molecule has 0 aromatic heterocycles. The van der Waals surface area contributed by atoms with E-state index in [0.717, 1.165) is 18.6 Å². The Labute approximate surface area is 126 Å². The van der Waals surface area contributed by atoms with E-state index in [2.05, 4.69) is 5.32 Å². The molecule has 0 aromatic carbocycles. The Kier molecular flexibility index (Phi) is 11.3. The van der Waals surface area contributed by atoms with Crippen molar-refractivity contribution in [3.8, 4) is 0 Å². The summed E-state index contributed by atoms with van der Waals surface area (Å²) in [5, 5.41) is 2.59. The Morgan fingerprint density at radius 1 is 1.25 bits per heavy atom.